The number of anilines is 1. The lowest BCUT2D eigenvalue weighted by Crippen LogP contribution is -2.28. The lowest BCUT2D eigenvalue weighted by atomic mass is 10.2. The Balaban J connectivity index is 1.43. The maximum absolute atomic E-state index is 4.52. The molecule has 0 unspecified atom stereocenters. The maximum atomic E-state index is 4.52. The molecule has 3 aliphatic rings. The molecule has 1 aromatic heterocycles. The Bertz CT molecular complexity index is 447. The van der Waals surface area contributed by atoms with Crippen LogP contribution in [-0.2, 0) is 6.54 Å². The molecule has 3 heteroatoms. The van der Waals surface area contributed by atoms with E-state index in [0.29, 0.717) is 0 Å². The van der Waals surface area contributed by atoms with E-state index in [1.54, 1.807) is 0 Å². The van der Waals surface area contributed by atoms with Crippen LogP contribution in [0.5, 0.6) is 0 Å². The third kappa shape index (κ3) is 3.51. The molecule has 0 saturated heterocycles. The summed E-state index contributed by atoms with van der Waals surface area (Å²) in [6.07, 6.45) is 10.4. The van der Waals surface area contributed by atoms with Crippen molar-refractivity contribution >= 4 is 5.69 Å². The van der Waals surface area contributed by atoms with E-state index < -0.39 is 0 Å². The molecule has 3 saturated carbocycles. The maximum Gasteiger partial charge on any atom is 0.0562 e. The van der Waals surface area contributed by atoms with Crippen LogP contribution in [-0.4, -0.2) is 24.1 Å². The van der Waals surface area contributed by atoms with Crippen molar-refractivity contribution < 1.29 is 0 Å². The second-order valence-corrected chi connectivity index (χ2v) is 6.95. The van der Waals surface area contributed by atoms with Crippen molar-refractivity contribution in [2.45, 2.75) is 51.1 Å². The van der Waals surface area contributed by atoms with E-state index in [9.17, 15) is 0 Å². The summed E-state index contributed by atoms with van der Waals surface area (Å²) in [5.41, 5.74) is 2.59. The average Bonchev–Trinajstić information content (AvgIpc) is 3.31. The number of nitrogens with one attached hydrogen (secondary N) is 1. The van der Waals surface area contributed by atoms with Gasteiger partial charge in [-0.3, -0.25) is 4.98 Å². The van der Waals surface area contributed by atoms with Crippen LogP contribution in [0.15, 0.2) is 18.3 Å². The number of hydrogen-bond acceptors (Lipinski definition) is 3. The first kappa shape index (κ1) is 12.6. The largest absolute Gasteiger partial charge is 0.371 e. The first-order valence-corrected chi connectivity index (χ1v) is 8.30. The Kier molecular flexibility index (Phi) is 3.39. The van der Waals surface area contributed by atoms with Gasteiger partial charge in [0.15, 0.2) is 0 Å². The van der Waals surface area contributed by atoms with Crippen molar-refractivity contribution in [3.63, 3.8) is 0 Å². The molecular weight excluding hydrogens is 246 g/mol. The fourth-order valence-electron chi connectivity index (χ4n) is 2.80. The minimum Gasteiger partial charge on any atom is -0.371 e. The number of hydrogen-bond donors (Lipinski definition) is 1. The summed E-state index contributed by atoms with van der Waals surface area (Å²) in [5, 5.41) is 3.56. The molecule has 0 atom stereocenters. The van der Waals surface area contributed by atoms with Gasteiger partial charge in [0.1, 0.15) is 0 Å². The van der Waals surface area contributed by atoms with Crippen LogP contribution in [0.4, 0.5) is 5.69 Å². The van der Waals surface area contributed by atoms with Crippen molar-refractivity contribution in [2.75, 3.05) is 18.0 Å². The molecule has 1 aromatic rings. The predicted octanol–water partition coefficient (Wildman–Crippen LogP) is 2.96. The van der Waals surface area contributed by atoms with Gasteiger partial charge in [-0.05, 0) is 62.5 Å². The third-order valence-corrected chi connectivity index (χ3v) is 4.67. The average molecular weight is 271 g/mol. The van der Waals surface area contributed by atoms with Gasteiger partial charge in [-0.2, -0.15) is 0 Å². The number of pyridine rings is 1. The highest BCUT2D eigenvalue weighted by Gasteiger charge is 2.29. The highest BCUT2D eigenvalue weighted by molar-refractivity contribution is 5.47. The molecule has 108 valence electrons. The molecule has 0 aromatic carbocycles. The first-order valence-electron chi connectivity index (χ1n) is 8.30. The molecule has 0 aliphatic heterocycles. The summed E-state index contributed by atoms with van der Waals surface area (Å²) < 4.78 is 0. The smallest absolute Gasteiger partial charge is 0.0562 e. The molecular formula is C17H25N3. The molecule has 3 fully saturated rings. The van der Waals surface area contributed by atoms with Gasteiger partial charge in [-0.1, -0.05) is 0 Å². The quantitative estimate of drug-likeness (QED) is 0.788. The van der Waals surface area contributed by atoms with Gasteiger partial charge < -0.3 is 10.2 Å². The zero-order chi connectivity index (χ0) is 13.4. The molecule has 1 heterocycles. The molecule has 1 N–H and O–H groups in total. The van der Waals surface area contributed by atoms with Gasteiger partial charge in [0.2, 0.25) is 0 Å². The Morgan fingerprint density at radius 2 is 1.75 bits per heavy atom. The molecule has 3 nitrogen and oxygen atoms in total. The van der Waals surface area contributed by atoms with Crippen molar-refractivity contribution in [1.82, 2.24) is 10.3 Å². The Morgan fingerprint density at radius 3 is 2.35 bits per heavy atom. The first-order chi connectivity index (χ1) is 9.87. The summed E-state index contributed by atoms with van der Waals surface area (Å²) in [7, 11) is 0. The van der Waals surface area contributed by atoms with E-state index in [-0.39, 0.29) is 0 Å². The Labute approximate surface area is 121 Å². The zero-order valence-electron chi connectivity index (χ0n) is 12.2. The SMILES string of the molecule is c1cc(N(CC2CC2)CC2CC2)cc(CNC2CC2)n1. The molecule has 3 aliphatic carbocycles. The fraction of sp³-hybridized carbons (Fsp3) is 0.706. The summed E-state index contributed by atoms with van der Waals surface area (Å²) >= 11 is 0. The third-order valence-electron chi connectivity index (χ3n) is 4.67. The fourth-order valence-corrected chi connectivity index (χ4v) is 2.80. The summed E-state index contributed by atoms with van der Waals surface area (Å²) in [6.45, 7) is 3.45. The molecule has 0 bridgehead atoms. The van der Waals surface area contributed by atoms with Crippen LogP contribution in [0.3, 0.4) is 0 Å². The summed E-state index contributed by atoms with van der Waals surface area (Å²) in [4.78, 5) is 7.14. The van der Waals surface area contributed by atoms with Gasteiger partial charge in [-0.25, -0.2) is 0 Å². The Morgan fingerprint density at radius 1 is 1.05 bits per heavy atom. The summed E-state index contributed by atoms with van der Waals surface area (Å²) in [6, 6.07) is 5.26. The molecule has 20 heavy (non-hydrogen) atoms. The van der Waals surface area contributed by atoms with Crippen LogP contribution < -0.4 is 10.2 Å². The molecule has 0 amide bonds. The second kappa shape index (κ2) is 5.36. The minimum atomic E-state index is 0.759. The molecule has 0 spiro atoms. The van der Waals surface area contributed by atoms with Crippen LogP contribution in [0.2, 0.25) is 0 Å². The molecule has 0 radical (unpaired) electrons. The van der Waals surface area contributed by atoms with E-state index in [1.807, 2.05) is 6.20 Å². The van der Waals surface area contributed by atoms with E-state index in [0.717, 1.165) is 24.4 Å². The van der Waals surface area contributed by atoms with Gasteiger partial charge in [0.25, 0.3) is 0 Å². The van der Waals surface area contributed by atoms with Gasteiger partial charge in [0.05, 0.1) is 5.69 Å². The van der Waals surface area contributed by atoms with Gasteiger partial charge >= 0.3 is 0 Å². The van der Waals surface area contributed by atoms with Crippen molar-refractivity contribution in [3.05, 3.63) is 24.0 Å². The zero-order valence-corrected chi connectivity index (χ0v) is 12.2. The van der Waals surface area contributed by atoms with E-state index >= 15 is 0 Å². The number of rotatable bonds is 8. The summed E-state index contributed by atoms with van der Waals surface area (Å²) in [5.74, 6) is 1.91. The minimum absolute atomic E-state index is 0.759. The van der Waals surface area contributed by atoms with Gasteiger partial charge in [0, 0.05) is 37.6 Å². The van der Waals surface area contributed by atoms with Crippen LogP contribution >= 0.6 is 0 Å². The van der Waals surface area contributed by atoms with Crippen molar-refractivity contribution in [1.29, 1.82) is 0 Å². The second-order valence-electron chi connectivity index (χ2n) is 6.95. The topological polar surface area (TPSA) is 28.2 Å². The Hall–Kier alpha value is -1.09. The highest BCUT2D eigenvalue weighted by atomic mass is 15.1. The number of nitrogens with zero attached hydrogens (tertiary/aromatic N) is 2. The lowest BCUT2D eigenvalue weighted by Gasteiger charge is -2.25. The standard InChI is InChI=1S/C17H25N3/c1-2-13(1)11-20(12-14-3-4-14)17-7-8-18-16(9-17)10-19-15-5-6-15/h7-9,13-15,19H,1-6,10-12H2. The monoisotopic (exact) mass is 271 g/mol. The normalized spacial score (nSPS) is 22.0. The lowest BCUT2D eigenvalue weighted by molar-refractivity contribution is 0.665. The van der Waals surface area contributed by atoms with Crippen LogP contribution in [0.1, 0.15) is 44.2 Å². The van der Waals surface area contributed by atoms with Crippen LogP contribution in [0, 0.1) is 11.8 Å². The van der Waals surface area contributed by atoms with Crippen molar-refractivity contribution in [3.8, 4) is 0 Å². The number of aromatic nitrogens is 1. The van der Waals surface area contributed by atoms with Gasteiger partial charge in [-0.15, -0.1) is 0 Å². The highest BCUT2D eigenvalue weighted by Crippen LogP contribution is 2.35. The molecule has 4 rings (SSSR count). The van der Waals surface area contributed by atoms with E-state index in [2.05, 4.69) is 27.3 Å². The van der Waals surface area contributed by atoms with E-state index in [1.165, 1.54) is 63.0 Å². The van der Waals surface area contributed by atoms with Crippen molar-refractivity contribution in [2.24, 2.45) is 11.8 Å². The predicted molar refractivity (Wildman–Crippen MR) is 81.8 cm³/mol. The van der Waals surface area contributed by atoms with E-state index in [4.69, 9.17) is 0 Å². The van der Waals surface area contributed by atoms with Crippen LogP contribution in [0.25, 0.3) is 0 Å².